The molecule has 0 unspecified atom stereocenters. The van der Waals surface area contributed by atoms with Gasteiger partial charge in [0.25, 0.3) is 0 Å². The van der Waals surface area contributed by atoms with E-state index in [4.69, 9.17) is 4.74 Å². The van der Waals surface area contributed by atoms with E-state index in [-0.39, 0.29) is 0 Å². The zero-order valence-corrected chi connectivity index (χ0v) is 21.9. The standard InChI is InChI=1S/C30H34N2O3S/c1-31(18-21-12-6-3-7-13-21)19-24-27-29(36-28(24)30(33)34)25(22-14-8-4-9-15-22)26(32(27)20-35-2)23-16-10-5-11-17-23/h3,5-7,10-13,16-17,22H,4,8-9,14-15,18-20H2,1-2H3,(H,33,34). The van der Waals surface area contributed by atoms with E-state index in [0.29, 0.717) is 24.1 Å². The van der Waals surface area contributed by atoms with E-state index < -0.39 is 5.97 Å². The zero-order valence-electron chi connectivity index (χ0n) is 21.1. The molecular weight excluding hydrogens is 468 g/mol. The maximum atomic E-state index is 12.5. The second-order valence-electron chi connectivity index (χ2n) is 9.86. The lowest BCUT2D eigenvalue weighted by Gasteiger charge is -2.23. The van der Waals surface area contributed by atoms with Gasteiger partial charge in [-0.1, -0.05) is 79.9 Å². The van der Waals surface area contributed by atoms with Crippen LogP contribution in [-0.2, 0) is 24.6 Å². The van der Waals surface area contributed by atoms with Gasteiger partial charge < -0.3 is 14.4 Å². The molecule has 1 saturated carbocycles. The normalized spacial score (nSPS) is 14.6. The van der Waals surface area contributed by atoms with E-state index in [1.807, 2.05) is 24.3 Å². The fourth-order valence-electron chi connectivity index (χ4n) is 5.77. The van der Waals surface area contributed by atoms with Crippen molar-refractivity contribution in [3.05, 3.63) is 82.2 Å². The average Bonchev–Trinajstić information content (AvgIpc) is 3.41. The van der Waals surface area contributed by atoms with Crippen LogP contribution in [0.25, 0.3) is 21.5 Å². The van der Waals surface area contributed by atoms with Crippen LogP contribution in [0.15, 0.2) is 60.7 Å². The molecule has 0 radical (unpaired) electrons. The summed E-state index contributed by atoms with van der Waals surface area (Å²) in [7, 11) is 3.78. The summed E-state index contributed by atoms with van der Waals surface area (Å²) in [6.07, 6.45) is 6.02. The Morgan fingerprint density at radius 1 is 1.03 bits per heavy atom. The highest BCUT2D eigenvalue weighted by Gasteiger charge is 2.32. The largest absolute Gasteiger partial charge is 0.477 e. The highest BCUT2D eigenvalue weighted by atomic mass is 32.1. The van der Waals surface area contributed by atoms with E-state index in [1.54, 1.807) is 7.11 Å². The SMILES string of the molecule is COCn1c(-c2ccccc2)c(C2CCCCC2)c2sc(C(=O)O)c(CN(C)Cc3ccccc3)c21. The number of hydrogen-bond acceptors (Lipinski definition) is 4. The molecule has 0 spiro atoms. The van der Waals surface area contributed by atoms with Crippen LogP contribution < -0.4 is 0 Å². The molecule has 0 amide bonds. The number of nitrogens with zero attached hydrogens (tertiary/aromatic N) is 2. The second-order valence-corrected chi connectivity index (χ2v) is 10.9. The van der Waals surface area contributed by atoms with Gasteiger partial charge in [0.1, 0.15) is 11.6 Å². The Labute approximate surface area is 216 Å². The molecular formula is C30H34N2O3S. The smallest absolute Gasteiger partial charge is 0.346 e. The highest BCUT2D eigenvalue weighted by Crippen LogP contribution is 2.48. The van der Waals surface area contributed by atoms with E-state index in [1.165, 1.54) is 53.0 Å². The summed E-state index contributed by atoms with van der Waals surface area (Å²) in [5.74, 6) is -0.413. The number of aromatic carboxylic acids is 1. The predicted molar refractivity (Wildman–Crippen MR) is 147 cm³/mol. The number of thiophene rings is 1. The Morgan fingerprint density at radius 3 is 2.33 bits per heavy atom. The zero-order chi connectivity index (χ0) is 25.1. The lowest BCUT2D eigenvalue weighted by atomic mass is 9.83. The van der Waals surface area contributed by atoms with Gasteiger partial charge >= 0.3 is 5.97 Å². The number of carboxylic acids is 1. The van der Waals surface area contributed by atoms with Crippen molar-refractivity contribution >= 4 is 27.5 Å². The first-order valence-electron chi connectivity index (χ1n) is 12.8. The van der Waals surface area contributed by atoms with Gasteiger partial charge in [0.05, 0.1) is 15.9 Å². The molecule has 6 heteroatoms. The number of hydrogen-bond donors (Lipinski definition) is 1. The van der Waals surface area contributed by atoms with Gasteiger partial charge in [0.2, 0.25) is 0 Å². The van der Waals surface area contributed by atoms with Crippen molar-refractivity contribution in [2.75, 3.05) is 14.2 Å². The Bertz CT molecular complexity index is 1320. The third kappa shape index (κ3) is 4.85. The van der Waals surface area contributed by atoms with Crippen molar-refractivity contribution in [2.24, 2.45) is 0 Å². The summed E-state index contributed by atoms with van der Waals surface area (Å²) in [5, 5.41) is 10.2. The predicted octanol–water partition coefficient (Wildman–Crippen LogP) is 7.35. The number of ether oxygens (including phenoxy) is 1. The fraction of sp³-hybridized carbons (Fsp3) is 0.367. The van der Waals surface area contributed by atoms with Crippen LogP contribution in [0.5, 0.6) is 0 Å². The molecule has 36 heavy (non-hydrogen) atoms. The summed E-state index contributed by atoms with van der Waals surface area (Å²) >= 11 is 1.45. The number of fused-ring (bicyclic) bond motifs is 1. The summed E-state index contributed by atoms with van der Waals surface area (Å²) in [4.78, 5) is 15.1. The maximum Gasteiger partial charge on any atom is 0.346 e. The van der Waals surface area contributed by atoms with Gasteiger partial charge in [-0.3, -0.25) is 4.90 Å². The van der Waals surface area contributed by atoms with E-state index in [0.717, 1.165) is 35.2 Å². The first-order chi connectivity index (χ1) is 17.6. The number of benzene rings is 2. The van der Waals surface area contributed by atoms with Crippen molar-refractivity contribution in [1.82, 2.24) is 9.47 Å². The molecule has 1 N–H and O–H groups in total. The molecule has 2 heterocycles. The van der Waals surface area contributed by atoms with Crippen molar-refractivity contribution in [1.29, 1.82) is 0 Å². The molecule has 5 nitrogen and oxygen atoms in total. The molecule has 2 aromatic carbocycles. The van der Waals surface area contributed by atoms with Gasteiger partial charge in [0, 0.05) is 25.8 Å². The average molecular weight is 503 g/mol. The molecule has 1 fully saturated rings. The van der Waals surface area contributed by atoms with Crippen LogP contribution >= 0.6 is 11.3 Å². The summed E-state index contributed by atoms with van der Waals surface area (Å²) < 4.78 is 9.09. The quantitative estimate of drug-likeness (QED) is 0.260. The van der Waals surface area contributed by atoms with Crippen molar-refractivity contribution in [3.8, 4) is 11.3 Å². The lowest BCUT2D eigenvalue weighted by molar-refractivity contribution is 0.0700. The van der Waals surface area contributed by atoms with Gasteiger partial charge in [-0.05, 0) is 42.5 Å². The maximum absolute atomic E-state index is 12.5. The van der Waals surface area contributed by atoms with E-state index in [2.05, 4.69) is 52.9 Å². The molecule has 0 aliphatic heterocycles. The Hall–Kier alpha value is -2.93. The molecule has 0 saturated heterocycles. The van der Waals surface area contributed by atoms with Crippen LogP contribution in [0.4, 0.5) is 0 Å². The van der Waals surface area contributed by atoms with Gasteiger partial charge in [0.15, 0.2) is 0 Å². The third-order valence-corrected chi connectivity index (χ3v) is 8.50. The third-order valence-electron chi connectivity index (χ3n) is 7.26. The van der Waals surface area contributed by atoms with Crippen LogP contribution in [0.2, 0.25) is 0 Å². The Kier molecular flexibility index (Phi) is 7.56. The summed E-state index contributed by atoms with van der Waals surface area (Å²) in [6.45, 7) is 1.70. The van der Waals surface area contributed by atoms with E-state index in [9.17, 15) is 9.90 Å². The molecule has 1 aliphatic carbocycles. The highest BCUT2D eigenvalue weighted by molar-refractivity contribution is 7.21. The number of carbonyl (C=O) groups is 1. The minimum Gasteiger partial charge on any atom is -0.477 e. The first kappa shape index (κ1) is 24.8. The molecule has 1 aliphatic rings. The van der Waals surface area contributed by atoms with Crippen molar-refractivity contribution in [2.45, 2.75) is 57.8 Å². The Morgan fingerprint density at radius 2 is 1.69 bits per heavy atom. The topological polar surface area (TPSA) is 54.7 Å². The van der Waals surface area contributed by atoms with Gasteiger partial charge in [-0.2, -0.15) is 0 Å². The lowest BCUT2D eigenvalue weighted by Crippen LogP contribution is -2.19. The molecule has 5 rings (SSSR count). The number of carboxylic acid groups (broad SMARTS) is 1. The summed E-state index contributed by atoms with van der Waals surface area (Å²) in [5.41, 5.74) is 6.80. The number of rotatable bonds is 9. The van der Waals surface area contributed by atoms with Gasteiger partial charge in [-0.25, -0.2) is 4.79 Å². The second kappa shape index (κ2) is 11.0. The Balaban J connectivity index is 1.70. The number of methoxy groups -OCH3 is 1. The van der Waals surface area contributed by atoms with Crippen molar-refractivity contribution in [3.63, 3.8) is 0 Å². The van der Waals surface area contributed by atoms with Crippen LogP contribution in [-0.4, -0.2) is 34.7 Å². The first-order valence-corrected chi connectivity index (χ1v) is 13.6. The minimum absolute atomic E-state index is 0.388. The van der Waals surface area contributed by atoms with Crippen LogP contribution in [0, 0.1) is 0 Å². The molecule has 188 valence electrons. The van der Waals surface area contributed by atoms with Gasteiger partial charge in [-0.15, -0.1) is 11.3 Å². The molecule has 2 aromatic heterocycles. The van der Waals surface area contributed by atoms with Crippen LogP contribution in [0.1, 0.15) is 64.4 Å². The van der Waals surface area contributed by atoms with Crippen LogP contribution in [0.3, 0.4) is 0 Å². The van der Waals surface area contributed by atoms with Crippen molar-refractivity contribution < 1.29 is 14.6 Å². The minimum atomic E-state index is -0.848. The van der Waals surface area contributed by atoms with E-state index >= 15 is 0 Å². The molecule has 0 bridgehead atoms. The summed E-state index contributed by atoms with van der Waals surface area (Å²) in [6, 6.07) is 20.9. The monoisotopic (exact) mass is 502 g/mol. The fourth-order valence-corrected chi connectivity index (χ4v) is 7.04. The molecule has 0 atom stereocenters. The number of aromatic nitrogens is 1. The molecule has 4 aromatic rings.